The summed E-state index contributed by atoms with van der Waals surface area (Å²) >= 11 is 0. The molecule has 0 bridgehead atoms. The Hall–Kier alpha value is -1.37. The number of nitrogens with zero attached hydrogens (tertiary/aromatic N) is 1. The third kappa shape index (κ3) is 4.06. The third-order valence-corrected chi connectivity index (χ3v) is 3.96. The molecule has 0 amide bonds. The molecule has 3 heteroatoms. The van der Waals surface area contributed by atoms with Crippen molar-refractivity contribution in [2.24, 2.45) is 5.92 Å². The number of halogens is 1. The zero-order valence-electron chi connectivity index (χ0n) is 12.0. The monoisotopic (exact) mass is 275 g/mol. The maximum Gasteiger partial charge on any atom is 0.124 e. The first-order valence-electron chi connectivity index (χ1n) is 7.33. The highest BCUT2D eigenvalue weighted by atomic mass is 19.1. The summed E-state index contributed by atoms with van der Waals surface area (Å²) in [5, 5.41) is 8.80. The molecule has 20 heavy (non-hydrogen) atoms. The van der Waals surface area contributed by atoms with Crippen LogP contribution in [0.2, 0.25) is 0 Å². The highest BCUT2D eigenvalue weighted by Gasteiger charge is 2.20. The molecule has 1 aliphatic carbocycles. The Bertz CT molecular complexity index is 499. The van der Waals surface area contributed by atoms with Crippen LogP contribution in [0, 0.1) is 23.6 Å². The van der Waals surface area contributed by atoms with Gasteiger partial charge in [-0.1, -0.05) is 31.3 Å². The third-order valence-electron chi connectivity index (χ3n) is 3.96. The molecule has 0 aromatic heterocycles. The van der Waals surface area contributed by atoms with E-state index < -0.39 is 0 Å². The van der Waals surface area contributed by atoms with Crippen LogP contribution in [0.4, 0.5) is 4.39 Å². The second-order valence-corrected chi connectivity index (χ2v) is 5.39. The number of hydrogen-bond acceptors (Lipinski definition) is 2. The Kier molecular flexibility index (Phi) is 5.58. The first kappa shape index (κ1) is 15.0. The molecule has 0 heterocycles. The summed E-state index contributed by atoms with van der Waals surface area (Å²) in [6.45, 7) is 4.85. The molecule has 2 rings (SSSR count). The van der Waals surface area contributed by atoms with Gasteiger partial charge in [-0.2, -0.15) is 0 Å². The Morgan fingerprint density at radius 3 is 2.80 bits per heavy atom. The highest BCUT2D eigenvalue weighted by molar-refractivity contribution is 5.41. The Balaban J connectivity index is 2.09. The van der Waals surface area contributed by atoms with Crippen molar-refractivity contribution >= 4 is 0 Å². The molecule has 1 N–H and O–H groups in total. The van der Waals surface area contributed by atoms with Crippen LogP contribution in [0.15, 0.2) is 18.2 Å². The van der Waals surface area contributed by atoms with Crippen LogP contribution in [0.1, 0.15) is 37.3 Å². The summed E-state index contributed by atoms with van der Waals surface area (Å²) < 4.78 is 13.3. The zero-order chi connectivity index (χ0) is 14.4. The minimum absolute atomic E-state index is 0.199. The van der Waals surface area contributed by atoms with Gasteiger partial charge in [-0.15, -0.1) is 0 Å². The van der Waals surface area contributed by atoms with E-state index >= 15 is 0 Å². The Labute approximate surface area is 120 Å². The van der Waals surface area contributed by atoms with Crippen molar-refractivity contribution in [2.45, 2.75) is 32.7 Å². The fourth-order valence-electron chi connectivity index (χ4n) is 2.52. The quantitative estimate of drug-likeness (QED) is 0.835. The highest BCUT2D eigenvalue weighted by Crippen LogP contribution is 2.27. The molecule has 1 aromatic carbocycles. The summed E-state index contributed by atoms with van der Waals surface area (Å²) in [5.74, 6) is 6.00. The number of aliphatic hydroxyl groups excluding tert-OH is 1. The summed E-state index contributed by atoms with van der Waals surface area (Å²) in [7, 11) is 0. The van der Waals surface area contributed by atoms with E-state index in [9.17, 15) is 4.39 Å². The topological polar surface area (TPSA) is 23.5 Å². The molecule has 108 valence electrons. The van der Waals surface area contributed by atoms with Gasteiger partial charge in [0.2, 0.25) is 0 Å². The van der Waals surface area contributed by atoms with Crippen molar-refractivity contribution in [3.8, 4) is 11.8 Å². The van der Waals surface area contributed by atoms with Crippen LogP contribution in [-0.4, -0.2) is 29.7 Å². The van der Waals surface area contributed by atoms with Gasteiger partial charge in [-0.05, 0) is 43.0 Å². The average molecular weight is 275 g/mol. The van der Waals surface area contributed by atoms with Crippen molar-refractivity contribution in [1.29, 1.82) is 0 Å². The van der Waals surface area contributed by atoms with Gasteiger partial charge in [0.25, 0.3) is 0 Å². The minimum atomic E-state index is -0.280. The molecule has 0 unspecified atom stereocenters. The fraction of sp³-hybridized carbons (Fsp3) is 0.529. The van der Waals surface area contributed by atoms with Gasteiger partial charge in [0, 0.05) is 18.7 Å². The van der Waals surface area contributed by atoms with Crippen LogP contribution >= 0.6 is 0 Å². The number of hydrogen-bond donors (Lipinski definition) is 1. The van der Waals surface area contributed by atoms with E-state index in [4.69, 9.17) is 5.11 Å². The van der Waals surface area contributed by atoms with E-state index in [1.165, 1.54) is 31.4 Å². The molecule has 0 aliphatic heterocycles. The van der Waals surface area contributed by atoms with Crippen LogP contribution in [-0.2, 0) is 6.54 Å². The molecule has 0 saturated heterocycles. The molecule has 1 saturated carbocycles. The largest absolute Gasteiger partial charge is 0.384 e. The van der Waals surface area contributed by atoms with Crippen molar-refractivity contribution in [1.82, 2.24) is 4.90 Å². The van der Waals surface area contributed by atoms with E-state index in [0.717, 1.165) is 31.1 Å². The van der Waals surface area contributed by atoms with E-state index in [2.05, 4.69) is 23.7 Å². The summed E-state index contributed by atoms with van der Waals surface area (Å²) in [4.78, 5) is 2.39. The van der Waals surface area contributed by atoms with Gasteiger partial charge in [-0.25, -0.2) is 4.39 Å². The first-order chi connectivity index (χ1) is 9.72. The van der Waals surface area contributed by atoms with Gasteiger partial charge < -0.3 is 5.11 Å². The maximum atomic E-state index is 13.3. The molecular formula is C17H22FNO. The van der Waals surface area contributed by atoms with E-state index in [-0.39, 0.29) is 12.4 Å². The SMILES string of the molecule is CCN(Cc1ccc(F)cc1C#CCO)CC1CCC1. The lowest BCUT2D eigenvalue weighted by Gasteiger charge is -2.32. The lowest BCUT2D eigenvalue weighted by molar-refractivity contribution is 0.178. The number of rotatable bonds is 5. The Morgan fingerprint density at radius 2 is 2.20 bits per heavy atom. The summed E-state index contributed by atoms with van der Waals surface area (Å²) in [6.07, 6.45) is 4.01. The fourth-order valence-corrected chi connectivity index (χ4v) is 2.52. The molecule has 1 aliphatic rings. The molecule has 1 aromatic rings. The molecule has 0 atom stereocenters. The number of benzene rings is 1. The second-order valence-electron chi connectivity index (χ2n) is 5.39. The average Bonchev–Trinajstić information content (AvgIpc) is 2.41. The lowest BCUT2D eigenvalue weighted by Crippen LogP contribution is -2.32. The lowest BCUT2D eigenvalue weighted by atomic mass is 9.85. The molecule has 2 nitrogen and oxygen atoms in total. The normalized spacial score (nSPS) is 14.8. The predicted octanol–water partition coefficient (Wildman–Crippen LogP) is 2.79. The summed E-state index contributed by atoms with van der Waals surface area (Å²) in [5.41, 5.74) is 1.72. The van der Waals surface area contributed by atoms with Gasteiger partial charge in [0.15, 0.2) is 0 Å². The first-order valence-corrected chi connectivity index (χ1v) is 7.33. The van der Waals surface area contributed by atoms with Crippen LogP contribution in [0.5, 0.6) is 0 Å². The summed E-state index contributed by atoms with van der Waals surface area (Å²) in [6, 6.07) is 4.74. The predicted molar refractivity (Wildman–Crippen MR) is 78.7 cm³/mol. The van der Waals surface area contributed by atoms with Crippen LogP contribution < -0.4 is 0 Å². The van der Waals surface area contributed by atoms with Gasteiger partial charge in [-0.3, -0.25) is 4.90 Å². The van der Waals surface area contributed by atoms with Crippen molar-refractivity contribution < 1.29 is 9.50 Å². The maximum absolute atomic E-state index is 13.3. The van der Waals surface area contributed by atoms with Crippen molar-refractivity contribution in [2.75, 3.05) is 19.7 Å². The van der Waals surface area contributed by atoms with Crippen LogP contribution in [0.3, 0.4) is 0 Å². The van der Waals surface area contributed by atoms with Crippen molar-refractivity contribution in [3.63, 3.8) is 0 Å². The van der Waals surface area contributed by atoms with Crippen molar-refractivity contribution in [3.05, 3.63) is 35.1 Å². The smallest absolute Gasteiger partial charge is 0.124 e. The van der Waals surface area contributed by atoms with Gasteiger partial charge in [0.05, 0.1) is 0 Å². The molecule has 1 fully saturated rings. The van der Waals surface area contributed by atoms with E-state index in [1.54, 1.807) is 6.07 Å². The second kappa shape index (κ2) is 7.42. The molecule has 0 radical (unpaired) electrons. The van der Waals surface area contributed by atoms with Gasteiger partial charge in [0.1, 0.15) is 12.4 Å². The zero-order valence-corrected chi connectivity index (χ0v) is 12.0. The molecular weight excluding hydrogens is 253 g/mol. The van der Waals surface area contributed by atoms with Crippen LogP contribution in [0.25, 0.3) is 0 Å². The Morgan fingerprint density at radius 1 is 1.40 bits per heavy atom. The minimum Gasteiger partial charge on any atom is -0.384 e. The molecule has 0 spiro atoms. The number of aliphatic hydroxyl groups is 1. The van der Waals surface area contributed by atoms with E-state index in [1.807, 2.05) is 0 Å². The standard InChI is InChI=1S/C17H22FNO/c1-2-19(12-14-5-3-6-14)13-16-8-9-17(18)11-15(16)7-4-10-20/h8-9,11,14,20H,2-3,5-6,10,12-13H2,1H3. The van der Waals surface area contributed by atoms with E-state index in [0.29, 0.717) is 5.56 Å². The van der Waals surface area contributed by atoms with Gasteiger partial charge >= 0.3 is 0 Å².